The maximum atomic E-state index is 12.3. The first-order valence-electron chi connectivity index (χ1n) is 9.40. The fraction of sp³-hybridized carbons (Fsp3) is 0.600. The second-order valence-electron chi connectivity index (χ2n) is 6.55. The maximum absolute atomic E-state index is 12.3. The van der Waals surface area contributed by atoms with Crippen LogP contribution in [0.5, 0.6) is 0 Å². The molecule has 1 aliphatic heterocycles. The summed E-state index contributed by atoms with van der Waals surface area (Å²) in [7, 11) is 0. The van der Waals surface area contributed by atoms with Gasteiger partial charge in [0.05, 0.1) is 13.2 Å². The molecule has 0 spiro atoms. The Labute approximate surface area is 150 Å². The summed E-state index contributed by atoms with van der Waals surface area (Å²) in [6.45, 7) is 5.43. The summed E-state index contributed by atoms with van der Waals surface area (Å²) in [4.78, 5) is 25.5. The van der Waals surface area contributed by atoms with Gasteiger partial charge in [-0.15, -0.1) is 0 Å². The minimum atomic E-state index is -0.347. The Balaban J connectivity index is 1.86. The number of nitrogens with one attached hydrogen (secondary N) is 1. The van der Waals surface area contributed by atoms with E-state index < -0.39 is 0 Å². The molecule has 1 N–H and O–H groups in total. The smallest absolute Gasteiger partial charge is 0.371 e. The van der Waals surface area contributed by atoms with E-state index in [0.29, 0.717) is 26.2 Å². The van der Waals surface area contributed by atoms with Crippen LogP contribution < -0.4 is 4.90 Å². The van der Waals surface area contributed by atoms with Gasteiger partial charge in [0.2, 0.25) is 6.04 Å². The van der Waals surface area contributed by atoms with Crippen molar-refractivity contribution in [2.24, 2.45) is 0 Å². The van der Waals surface area contributed by atoms with Crippen molar-refractivity contribution in [1.82, 2.24) is 0 Å². The molecule has 0 amide bonds. The van der Waals surface area contributed by atoms with Crippen molar-refractivity contribution < 1.29 is 24.0 Å². The van der Waals surface area contributed by atoms with Crippen molar-refractivity contribution in [3.8, 4) is 0 Å². The molecule has 1 saturated heterocycles. The average Bonchev–Trinajstić information content (AvgIpc) is 3.41. The molecule has 1 aromatic rings. The first kappa shape index (κ1) is 19.4. The van der Waals surface area contributed by atoms with E-state index in [9.17, 15) is 9.59 Å². The van der Waals surface area contributed by atoms with Gasteiger partial charge in [-0.05, 0) is 18.9 Å². The highest BCUT2D eigenvalue weighted by Crippen LogP contribution is 2.07. The Kier molecular flexibility index (Phi) is 7.92. The Bertz CT molecular complexity index is 546. The number of esters is 2. The van der Waals surface area contributed by atoms with E-state index in [-0.39, 0.29) is 24.0 Å². The van der Waals surface area contributed by atoms with Crippen molar-refractivity contribution in [2.45, 2.75) is 58.0 Å². The van der Waals surface area contributed by atoms with Gasteiger partial charge >= 0.3 is 11.9 Å². The molecule has 1 heterocycles. The number of unbranched alkanes of at least 4 members (excludes halogenated alkanes) is 3. The largest absolute Gasteiger partial charge is 0.462 e. The SMILES string of the molecule is CCCCCCOC(=O)[C@@H]1C[NH+]1[C@H](Cc1ccccc1)C(=O)OCC. The van der Waals surface area contributed by atoms with Gasteiger partial charge in [-0.1, -0.05) is 56.5 Å². The van der Waals surface area contributed by atoms with Crippen LogP contribution in [0.2, 0.25) is 0 Å². The van der Waals surface area contributed by atoms with Gasteiger partial charge in [0.25, 0.3) is 0 Å². The normalized spacial score (nSPS) is 19.9. The molecule has 25 heavy (non-hydrogen) atoms. The first-order chi connectivity index (χ1) is 12.2. The Morgan fingerprint density at radius 1 is 1.12 bits per heavy atom. The van der Waals surface area contributed by atoms with E-state index in [1.54, 1.807) is 6.92 Å². The number of carbonyl (C=O) groups is 2. The number of benzene rings is 1. The fourth-order valence-electron chi connectivity index (χ4n) is 3.06. The first-order valence-corrected chi connectivity index (χ1v) is 9.40. The Hall–Kier alpha value is -1.88. The molecule has 0 aliphatic carbocycles. The predicted octanol–water partition coefficient (Wildman–Crippen LogP) is 1.55. The molecule has 0 bridgehead atoms. The van der Waals surface area contributed by atoms with Gasteiger partial charge in [-0.2, -0.15) is 0 Å². The highest BCUT2D eigenvalue weighted by atomic mass is 16.5. The zero-order valence-corrected chi connectivity index (χ0v) is 15.3. The van der Waals surface area contributed by atoms with Crippen LogP contribution in [0.15, 0.2) is 30.3 Å². The van der Waals surface area contributed by atoms with Crippen LogP contribution in [-0.2, 0) is 25.5 Å². The zero-order valence-electron chi connectivity index (χ0n) is 15.3. The molecule has 0 aromatic heterocycles. The third-order valence-electron chi connectivity index (χ3n) is 4.56. The lowest BCUT2D eigenvalue weighted by molar-refractivity contribution is -0.789. The molecule has 0 radical (unpaired) electrons. The van der Waals surface area contributed by atoms with Gasteiger partial charge in [0.15, 0.2) is 6.04 Å². The highest BCUT2D eigenvalue weighted by Gasteiger charge is 2.54. The topological polar surface area (TPSA) is 57.0 Å². The minimum Gasteiger partial charge on any atom is -0.462 e. The Morgan fingerprint density at radius 2 is 1.88 bits per heavy atom. The van der Waals surface area contributed by atoms with E-state index in [1.807, 2.05) is 30.3 Å². The van der Waals surface area contributed by atoms with E-state index in [0.717, 1.165) is 29.7 Å². The average molecular weight is 348 g/mol. The number of hydrogen-bond donors (Lipinski definition) is 1. The fourth-order valence-corrected chi connectivity index (χ4v) is 3.06. The number of hydrogen-bond acceptors (Lipinski definition) is 4. The van der Waals surface area contributed by atoms with E-state index in [1.165, 1.54) is 6.42 Å². The molecule has 5 heteroatoms. The van der Waals surface area contributed by atoms with Crippen molar-refractivity contribution in [3.63, 3.8) is 0 Å². The number of ether oxygens (including phenoxy) is 2. The molecule has 138 valence electrons. The van der Waals surface area contributed by atoms with Gasteiger partial charge in [0.1, 0.15) is 6.54 Å². The summed E-state index contributed by atoms with van der Waals surface area (Å²) in [5.74, 6) is -0.423. The van der Waals surface area contributed by atoms with Crippen LogP contribution >= 0.6 is 0 Å². The lowest BCUT2D eigenvalue weighted by Gasteiger charge is -2.14. The van der Waals surface area contributed by atoms with E-state index in [4.69, 9.17) is 9.47 Å². The van der Waals surface area contributed by atoms with Crippen molar-refractivity contribution in [1.29, 1.82) is 0 Å². The van der Waals surface area contributed by atoms with Crippen LogP contribution in [0.3, 0.4) is 0 Å². The standard InChI is InChI=1S/C20H29NO4/c1-3-5-6-10-13-25-20(23)18-15-21(18)17(19(22)24-4-2)14-16-11-8-7-9-12-16/h7-9,11-12,17-18H,3-6,10,13-15H2,1-2H3/p+1/t17-,18+,21?/m1/s1. The summed E-state index contributed by atoms with van der Waals surface area (Å²) in [6.07, 6.45) is 4.91. The summed E-state index contributed by atoms with van der Waals surface area (Å²) < 4.78 is 10.6. The van der Waals surface area contributed by atoms with Crippen LogP contribution in [0.1, 0.15) is 45.1 Å². The molecule has 1 aromatic carbocycles. The predicted molar refractivity (Wildman–Crippen MR) is 95.3 cm³/mol. The molecule has 1 aliphatic rings. The molecule has 3 atom stereocenters. The molecular weight excluding hydrogens is 318 g/mol. The highest BCUT2D eigenvalue weighted by molar-refractivity contribution is 5.79. The second kappa shape index (κ2) is 10.2. The summed E-state index contributed by atoms with van der Waals surface area (Å²) >= 11 is 0. The molecular formula is C20H30NO4+. The minimum absolute atomic E-state index is 0.186. The molecule has 1 unspecified atom stereocenters. The van der Waals surface area contributed by atoms with Crippen molar-refractivity contribution >= 4 is 11.9 Å². The van der Waals surface area contributed by atoms with Gasteiger partial charge in [-0.25, -0.2) is 9.59 Å². The lowest BCUT2D eigenvalue weighted by atomic mass is 10.1. The lowest BCUT2D eigenvalue weighted by Crippen LogP contribution is -3.02. The van der Waals surface area contributed by atoms with Crippen molar-refractivity contribution in [2.75, 3.05) is 19.8 Å². The zero-order chi connectivity index (χ0) is 18.1. The van der Waals surface area contributed by atoms with Gasteiger partial charge in [-0.3, -0.25) is 0 Å². The van der Waals surface area contributed by atoms with E-state index in [2.05, 4.69) is 6.92 Å². The number of quaternary nitrogens is 1. The molecule has 1 fully saturated rings. The number of rotatable bonds is 11. The van der Waals surface area contributed by atoms with Gasteiger partial charge < -0.3 is 14.4 Å². The monoisotopic (exact) mass is 348 g/mol. The maximum Gasteiger partial charge on any atom is 0.371 e. The molecule has 0 saturated carbocycles. The van der Waals surface area contributed by atoms with Gasteiger partial charge in [0, 0.05) is 6.42 Å². The van der Waals surface area contributed by atoms with E-state index >= 15 is 0 Å². The number of carbonyl (C=O) groups excluding carboxylic acids is 2. The summed E-state index contributed by atoms with van der Waals surface area (Å²) in [5.41, 5.74) is 1.08. The third kappa shape index (κ3) is 6.16. The van der Waals surface area contributed by atoms with Crippen LogP contribution in [0.25, 0.3) is 0 Å². The van der Waals surface area contributed by atoms with Crippen LogP contribution in [0, 0.1) is 0 Å². The summed E-state index contributed by atoms with van der Waals surface area (Å²) in [6, 6.07) is 9.27. The van der Waals surface area contributed by atoms with Crippen molar-refractivity contribution in [3.05, 3.63) is 35.9 Å². The van der Waals surface area contributed by atoms with Crippen LogP contribution in [-0.4, -0.2) is 43.8 Å². The molecule has 2 rings (SSSR count). The quantitative estimate of drug-likeness (QED) is 0.374. The Morgan fingerprint density at radius 3 is 2.56 bits per heavy atom. The summed E-state index contributed by atoms with van der Waals surface area (Å²) in [5, 5.41) is 0. The second-order valence-corrected chi connectivity index (χ2v) is 6.55. The molecule has 5 nitrogen and oxygen atoms in total. The third-order valence-corrected chi connectivity index (χ3v) is 4.56. The van der Waals surface area contributed by atoms with Crippen LogP contribution in [0.4, 0.5) is 0 Å².